The highest BCUT2D eigenvalue weighted by Gasteiger charge is 2.34. The van der Waals surface area contributed by atoms with Crippen LogP contribution in [0.4, 0.5) is 13.2 Å². The molecule has 100 valence electrons. The van der Waals surface area contributed by atoms with E-state index in [-0.39, 0.29) is 17.9 Å². The second-order valence-electron chi connectivity index (χ2n) is 3.74. The molecular weight excluding hydrogens is 261 g/mol. The van der Waals surface area contributed by atoms with E-state index in [4.69, 9.17) is 9.15 Å². The van der Waals surface area contributed by atoms with Crippen LogP contribution in [-0.4, -0.2) is 6.29 Å². The summed E-state index contributed by atoms with van der Waals surface area (Å²) < 4.78 is 48.5. The molecule has 0 spiro atoms. The van der Waals surface area contributed by atoms with Crippen molar-refractivity contribution in [3.63, 3.8) is 0 Å². The largest absolute Gasteiger partial charge is 0.485 e. The Bertz CT molecular complexity index is 559. The first kappa shape index (κ1) is 13.2. The van der Waals surface area contributed by atoms with Crippen LogP contribution in [0, 0.1) is 0 Å². The van der Waals surface area contributed by atoms with Crippen LogP contribution >= 0.6 is 0 Å². The summed E-state index contributed by atoms with van der Waals surface area (Å²) >= 11 is 0. The number of alkyl halides is 3. The summed E-state index contributed by atoms with van der Waals surface area (Å²) in [5, 5.41) is 0. The Morgan fingerprint density at radius 3 is 2.63 bits per heavy atom. The van der Waals surface area contributed by atoms with Gasteiger partial charge in [0.2, 0.25) is 0 Å². The van der Waals surface area contributed by atoms with Gasteiger partial charge in [-0.3, -0.25) is 4.79 Å². The number of aldehydes is 1. The fourth-order valence-electron chi connectivity index (χ4n) is 1.51. The fourth-order valence-corrected chi connectivity index (χ4v) is 1.51. The molecule has 2 aromatic rings. The standard InChI is InChI=1S/C13H9F3O3/c14-13(15,16)11-6-9(7-17)3-4-12(11)19-8-10-2-1-5-18-10/h1-7H,8H2. The molecule has 0 aliphatic heterocycles. The summed E-state index contributed by atoms with van der Waals surface area (Å²) in [6.07, 6.45) is -2.83. The van der Waals surface area contributed by atoms with Crippen LogP contribution in [0.25, 0.3) is 0 Å². The van der Waals surface area contributed by atoms with Crippen LogP contribution in [0.15, 0.2) is 41.0 Å². The Balaban J connectivity index is 2.26. The van der Waals surface area contributed by atoms with E-state index in [0.717, 1.165) is 12.1 Å². The Morgan fingerprint density at radius 1 is 1.26 bits per heavy atom. The maximum absolute atomic E-state index is 12.8. The molecule has 0 amide bonds. The van der Waals surface area contributed by atoms with E-state index in [2.05, 4.69) is 0 Å². The lowest BCUT2D eigenvalue weighted by atomic mass is 10.1. The van der Waals surface area contributed by atoms with Crippen LogP contribution in [0.3, 0.4) is 0 Å². The zero-order chi connectivity index (χ0) is 13.9. The SMILES string of the molecule is O=Cc1ccc(OCc2ccco2)c(C(F)(F)F)c1. The molecule has 2 rings (SSSR count). The second-order valence-corrected chi connectivity index (χ2v) is 3.74. The Hall–Kier alpha value is -2.24. The van der Waals surface area contributed by atoms with Gasteiger partial charge in [0.1, 0.15) is 24.4 Å². The summed E-state index contributed by atoms with van der Waals surface area (Å²) in [7, 11) is 0. The average molecular weight is 270 g/mol. The molecule has 19 heavy (non-hydrogen) atoms. The van der Waals surface area contributed by atoms with Crippen LogP contribution in [0.2, 0.25) is 0 Å². The first-order chi connectivity index (χ1) is 9.00. The molecule has 1 aromatic heterocycles. The first-order valence-corrected chi connectivity index (χ1v) is 5.32. The van der Waals surface area contributed by atoms with Gasteiger partial charge in [-0.05, 0) is 30.3 Å². The molecular formula is C13H9F3O3. The molecule has 0 saturated heterocycles. The highest BCUT2D eigenvalue weighted by atomic mass is 19.4. The number of rotatable bonds is 4. The lowest BCUT2D eigenvalue weighted by molar-refractivity contribution is -0.139. The van der Waals surface area contributed by atoms with Gasteiger partial charge in [-0.25, -0.2) is 0 Å². The molecule has 0 atom stereocenters. The number of hydrogen-bond acceptors (Lipinski definition) is 3. The van der Waals surface area contributed by atoms with Crippen molar-refractivity contribution in [2.75, 3.05) is 0 Å². The fraction of sp³-hybridized carbons (Fsp3) is 0.154. The van der Waals surface area contributed by atoms with Gasteiger partial charge in [-0.2, -0.15) is 13.2 Å². The number of halogens is 3. The Morgan fingerprint density at radius 2 is 2.05 bits per heavy atom. The number of carbonyl (C=O) groups is 1. The molecule has 6 heteroatoms. The van der Waals surface area contributed by atoms with Crippen molar-refractivity contribution in [2.45, 2.75) is 12.8 Å². The molecule has 0 N–H and O–H groups in total. The number of ether oxygens (including phenoxy) is 1. The van der Waals surface area contributed by atoms with E-state index >= 15 is 0 Å². The summed E-state index contributed by atoms with van der Waals surface area (Å²) in [5.41, 5.74) is -1.04. The van der Waals surface area contributed by atoms with E-state index in [1.54, 1.807) is 12.1 Å². The van der Waals surface area contributed by atoms with Crippen molar-refractivity contribution < 1.29 is 27.1 Å². The van der Waals surface area contributed by atoms with E-state index in [1.165, 1.54) is 12.3 Å². The number of benzene rings is 1. The molecule has 1 heterocycles. The second kappa shape index (κ2) is 5.17. The van der Waals surface area contributed by atoms with Crippen molar-refractivity contribution in [3.8, 4) is 5.75 Å². The first-order valence-electron chi connectivity index (χ1n) is 5.32. The minimum Gasteiger partial charge on any atom is -0.485 e. The summed E-state index contributed by atoms with van der Waals surface area (Å²) in [4.78, 5) is 10.5. The van der Waals surface area contributed by atoms with Crippen LogP contribution in [-0.2, 0) is 12.8 Å². The average Bonchev–Trinajstić information content (AvgIpc) is 2.88. The van der Waals surface area contributed by atoms with Crippen molar-refractivity contribution in [3.05, 3.63) is 53.5 Å². The predicted molar refractivity (Wildman–Crippen MR) is 59.9 cm³/mol. The van der Waals surface area contributed by atoms with Crippen molar-refractivity contribution in [2.24, 2.45) is 0 Å². The van der Waals surface area contributed by atoms with Crippen molar-refractivity contribution in [1.82, 2.24) is 0 Å². The van der Waals surface area contributed by atoms with E-state index in [0.29, 0.717) is 12.0 Å². The van der Waals surface area contributed by atoms with Gasteiger partial charge in [0, 0.05) is 5.56 Å². The monoisotopic (exact) mass is 270 g/mol. The molecule has 0 unspecified atom stereocenters. The quantitative estimate of drug-likeness (QED) is 0.795. The number of carbonyl (C=O) groups excluding carboxylic acids is 1. The highest BCUT2D eigenvalue weighted by Crippen LogP contribution is 2.36. The molecule has 3 nitrogen and oxygen atoms in total. The van der Waals surface area contributed by atoms with E-state index in [9.17, 15) is 18.0 Å². The zero-order valence-corrected chi connectivity index (χ0v) is 9.61. The molecule has 0 aliphatic rings. The smallest absolute Gasteiger partial charge is 0.419 e. The normalized spacial score (nSPS) is 11.3. The van der Waals surface area contributed by atoms with Crippen LogP contribution in [0.5, 0.6) is 5.75 Å². The third kappa shape index (κ3) is 3.15. The van der Waals surface area contributed by atoms with E-state index in [1.807, 2.05) is 0 Å². The summed E-state index contributed by atoms with van der Waals surface area (Å²) in [6.45, 7) is -0.115. The highest BCUT2D eigenvalue weighted by molar-refractivity contribution is 5.75. The van der Waals surface area contributed by atoms with Gasteiger partial charge in [-0.1, -0.05) is 0 Å². The van der Waals surface area contributed by atoms with Crippen molar-refractivity contribution in [1.29, 1.82) is 0 Å². The van der Waals surface area contributed by atoms with Gasteiger partial charge in [0.25, 0.3) is 0 Å². The maximum atomic E-state index is 12.8. The third-order valence-corrected chi connectivity index (χ3v) is 2.40. The van der Waals surface area contributed by atoms with Gasteiger partial charge < -0.3 is 9.15 Å². The lowest BCUT2D eigenvalue weighted by Crippen LogP contribution is -2.09. The lowest BCUT2D eigenvalue weighted by Gasteiger charge is -2.13. The zero-order valence-electron chi connectivity index (χ0n) is 9.61. The van der Waals surface area contributed by atoms with Crippen molar-refractivity contribution >= 4 is 6.29 Å². The number of furan rings is 1. The third-order valence-electron chi connectivity index (χ3n) is 2.40. The predicted octanol–water partition coefficient (Wildman–Crippen LogP) is 3.69. The minimum atomic E-state index is -4.59. The Kier molecular flexibility index (Phi) is 3.59. The molecule has 0 radical (unpaired) electrons. The molecule has 0 aliphatic carbocycles. The van der Waals surface area contributed by atoms with Gasteiger partial charge in [0.05, 0.1) is 11.8 Å². The molecule has 1 aromatic carbocycles. The topological polar surface area (TPSA) is 39.4 Å². The van der Waals surface area contributed by atoms with E-state index < -0.39 is 11.7 Å². The molecule has 0 saturated carbocycles. The number of hydrogen-bond donors (Lipinski definition) is 0. The van der Waals surface area contributed by atoms with Gasteiger partial charge >= 0.3 is 6.18 Å². The maximum Gasteiger partial charge on any atom is 0.419 e. The van der Waals surface area contributed by atoms with Crippen LogP contribution in [0.1, 0.15) is 21.7 Å². The van der Waals surface area contributed by atoms with Gasteiger partial charge in [0.15, 0.2) is 0 Å². The summed E-state index contributed by atoms with van der Waals surface area (Å²) in [5.74, 6) is 0.0714. The Labute approximate surface area is 106 Å². The van der Waals surface area contributed by atoms with Gasteiger partial charge in [-0.15, -0.1) is 0 Å². The molecule has 0 bridgehead atoms. The molecule has 0 fully saturated rings. The van der Waals surface area contributed by atoms with Crippen LogP contribution < -0.4 is 4.74 Å². The minimum absolute atomic E-state index is 0.0577. The summed E-state index contributed by atoms with van der Waals surface area (Å²) in [6, 6.07) is 6.34.